The molecule has 9 aromatic rings. The summed E-state index contributed by atoms with van der Waals surface area (Å²) in [5, 5.41) is 6.63. The van der Waals surface area contributed by atoms with Crippen molar-refractivity contribution in [3.05, 3.63) is 135 Å². The van der Waals surface area contributed by atoms with E-state index in [0.717, 1.165) is 64.5 Å². The van der Waals surface area contributed by atoms with Gasteiger partial charge in [0, 0.05) is 70.5 Å². The van der Waals surface area contributed by atoms with Gasteiger partial charge in [-0.15, -0.1) is 22.7 Å². The maximum absolute atomic E-state index is 13.7. The van der Waals surface area contributed by atoms with E-state index in [0.29, 0.717) is 51.2 Å². The number of nitrogens with zero attached hydrogens (tertiary/aromatic N) is 8. The number of aromatic nitrogens is 6. The molecule has 14 nitrogen and oxygen atoms in total. The van der Waals surface area contributed by atoms with E-state index in [-0.39, 0.29) is 27.9 Å². The van der Waals surface area contributed by atoms with Crippen LogP contribution in [-0.4, -0.2) is 91.8 Å². The minimum Gasteiger partial charge on any atom is -0.354 e. The molecule has 302 valence electrons. The van der Waals surface area contributed by atoms with E-state index in [4.69, 9.17) is 4.98 Å². The van der Waals surface area contributed by atoms with Gasteiger partial charge in [0.25, 0.3) is 11.8 Å². The van der Waals surface area contributed by atoms with Gasteiger partial charge in [0.05, 0.1) is 36.9 Å². The molecular weight excluding hydrogens is 797 g/mol. The van der Waals surface area contributed by atoms with Gasteiger partial charge in [-0.3, -0.25) is 37.9 Å². The average Bonchev–Trinajstić information content (AvgIpc) is 3.86. The molecule has 0 spiro atoms. The first-order valence-electron chi connectivity index (χ1n) is 19.7. The first-order chi connectivity index (χ1) is 29.3. The molecule has 60 heavy (non-hydrogen) atoms. The zero-order valence-corrected chi connectivity index (χ0v) is 34.6. The molecule has 2 aromatic carbocycles. The van der Waals surface area contributed by atoms with Crippen LogP contribution < -0.4 is 26.4 Å². The zero-order chi connectivity index (χ0) is 41.3. The van der Waals surface area contributed by atoms with Crippen LogP contribution in [0.3, 0.4) is 0 Å². The van der Waals surface area contributed by atoms with Crippen LogP contribution in [0.4, 0.5) is 5.82 Å². The second-order valence-corrected chi connectivity index (χ2v) is 16.6. The number of benzene rings is 2. The third-order valence-electron chi connectivity index (χ3n) is 10.6. The van der Waals surface area contributed by atoms with Crippen LogP contribution in [0.5, 0.6) is 0 Å². The molecule has 0 saturated carbocycles. The number of fused-ring (bicyclic) bond motifs is 10. The average molecular weight is 837 g/mol. The molecule has 0 atom stereocenters. The maximum Gasteiger partial charge on any atom is 0.258 e. The number of rotatable bonds is 8. The molecular formula is C44H40N10O4S2. The molecule has 2 N–H and O–H groups in total. The van der Waals surface area contributed by atoms with Gasteiger partial charge in [0.15, 0.2) is 5.65 Å². The van der Waals surface area contributed by atoms with E-state index in [1.807, 2.05) is 76.4 Å². The quantitative estimate of drug-likeness (QED) is 0.192. The standard InChI is InChI=1S/C26H25N7O2S.C18H15N3O2S/c1-31-12-14-32(15-13-31)21-7-6-18-23(34)22(25(35)29-9-8-17-16-27-10-11-28-17)26-33(24(18)30-21)19-4-2-3-5-20(19)36-26;1-2-9-20-17(23)14-15(22)11-6-5-10-19-16(11)21-12-7-3-4-8-13(12)24-18(14)21/h2-7,10-11,16H,8-9,12-15H2,1H3,(H,29,35);3-8,10H,2,9H2,1H3,(H,20,23). The highest BCUT2D eigenvalue weighted by Crippen LogP contribution is 2.32. The summed E-state index contributed by atoms with van der Waals surface area (Å²) < 4.78 is 5.88. The van der Waals surface area contributed by atoms with Crippen LogP contribution in [0.1, 0.15) is 39.8 Å². The van der Waals surface area contributed by atoms with E-state index in [9.17, 15) is 19.2 Å². The molecule has 1 fully saturated rings. The highest BCUT2D eigenvalue weighted by atomic mass is 32.1. The Morgan fingerprint density at radius 3 is 1.93 bits per heavy atom. The molecule has 16 heteroatoms. The lowest BCUT2D eigenvalue weighted by Gasteiger charge is -2.33. The predicted molar refractivity (Wildman–Crippen MR) is 239 cm³/mol. The number of carbonyl (C=O) groups is 2. The Hall–Kier alpha value is -6.62. The third kappa shape index (κ3) is 7.12. The third-order valence-corrected chi connectivity index (χ3v) is 12.9. The fraction of sp³-hybridized carbons (Fsp3) is 0.227. The van der Waals surface area contributed by atoms with Crippen LogP contribution in [0, 0.1) is 0 Å². The van der Waals surface area contributed by atoms with Crippen LogP contribution in [-0.2, 0) is 6.42 Å². The van der Waals surface area contributed by atoms with E-state index in [1.165, 1.54) is 22.7 Å². The van der Waals surface area contributed by atoms with Crippen LogP contribution in [0.2, 0.25) is 0 Å². The van der Waals surface area contributed by atoms with Gasteiger partial charge in [-0.25, -0.2) is 9.97 Å². The largest absolute Gasteiger partial charge is 0.354 e. The van der Waals surface area contributed by atoms with Gasteiger partial charge in [0.2, 0.25) is 10.9 Å². The highest BCUT2D eigenvalue weighted by molar-refractivity contribution is 7.24. The summed E-state index contributed by atoms with van der Waals surface area (Å²) in [6, 6.07) is 22.9. The van der Waals surface area contributed by atoms with Gasteiger partial charge in [-0.05, 0) is 62.0 Å². The Morgan fingerprint density at radius 2 is 1.30 bits per heavy atom. The first kappa shape index (κ1) is 38.9. The Kier molecular flexibility index (Phi) is 10.7. The molecule has 0 bridgehead atoms. The molecule has 1 aliphatic heterocycles. The number of amides is 2. The molecule has 1 aliphatic rings. The molecule has 0 radical (unpaired) electrons. The van der Waals surface area contributed by atoms with Crippen molar-refractivity contribution in [1.82, 2.24) is 44.3 Å². The second-order valence-electron chi connectivity index (χ2n) is 14.5. The number of anilines is 1. The number of pyridine rings is 4. The fourth-order valence-corrected chi connectivity index (χ4v) is 9.88. The molecule has 0 unspecified atom stereocenters. The lowest BCUT2D eigenvalue weighted by atomic mass is 10.1. The summed E-state index contributed by atoms with van der Waals surface area (Å²) in [4.78, 5) is 76.0. The zero-order valence-electron chi connectivity index (χ0n) is 32.9. The van der Waals surface area contributed by atoms with Gasteiger partial charge in [-0.2, -0.15) is 0 Å². The van der Waals surface area contributed by atoms with E-state index >= 15 is 0 Å². The Balaban J connectivity index is 0.000000167. The van der Waals surface area contributed by atoms with Crippen molar-refractivity contribution in [2.75, 3.05) is 51.2 Å². The van der Waals surface area contributed by atoms with Crippen LogP contribution in [0.15, 0.2) is 107 Å². The predicted octanol–water partition coefficient (Wildman–Crippen LogP) is 5.78. The van der Waals surface area contributed by atoms with E-state index in [1.54, 1.807) is 36.9 Å². The van der Waals surface area contributed by atoms with Gasteiger partial charge in [0.1, 0.15) is 32.3 Å². The van der Waals surface area contributed by atoms with Gasteiger partial charge >= 0.3 is 0 Å². The number of para-hydroxylation sites is 2. The molecule has 1 saturated heterocycles. The Bertz CT molecular complexity index is 3210. The van der Waals surface area contributed by atoms with Crippen molar-refractivity contribution in [1.29, 1.82) is 0 Å². The molecule has 7 aromatic heterocycles. The minimum absolute atomic E-state index is 0.150. The molecule has 8 heterocycles. The van der Waals surface area contributed by atoms with Crippen molar-refractivity contribution in [2.45, 2.75) is 19.8 Å². The number of likely N-dealkylation sites (N-methyl/N-ethyl adjacent to an activating group) is 1. The molecule has 0 aliphatic carbocycles. The van der Waals surface area contributed by atoms with E-state index in [2.05, 4.69) is 42.4 Å². The lowest BCUT2D eigenvalue weighted by Crippen LogP contribution is -2.44. The van der Waals surface area contributed by atoms with Gasteiger partial charge < -0.3 is 20.4 Å². The second kappa shape index (κ2) is 16.6. The normalized spacial score (nSPS) is 13.3. The summed E-state index contributed by atoms with van der Waals surface area (Å²) in [5.74, 6) is 0.134. The van der Waals surface area contributed by atoms with Crippen molar-refractivity contribution < 1.29 is 9.59 Å². The summed E-state index contributed by atoms with van der Waals surface area (Å²) in [7, 11) is 2.12. The van der Waals surface area contributed by atoms with Crippen LogP contribution >= 0.6 is 22.7 Å². The Labute approximate surface area is 350 Å². The number of hydrogen-bond acceptors (Lipinski definition) is 12. The molecule has 2 amide bonds. The minimum atomic E-state index is -0.391. The van der Waals surface area contributed by atoms with Gasteiger partial charge in [-0.1, -0.05) is 31.2 Å². The summed E-state index contributed by atoms with van der Waals surface area (Å²) in [6.45, 7) is 6.56. The highest BCUT2D eigenvalue weighted by Gasteiger charge is 2.25. The number of carbonyl (C=O) groups excluding carboxylic acids is 2. The Morgan fingerprint density at radius 1 is 0.683 bits per heavy atom. The fourth-order valence-electron chi connectivity index (χ4n) is 7.51. The molecule has 10 rings (SSSR count). The number of thiazole rings is 2. The number of piperazine rings is 1. The van der Waals surface area contributed by atoms with Crippen molar-refractivity contribution in [2.24, 2.45) is 0 Å². The smallest absolute Gasteiger partial charge is 0.258 e. The van der Waals surface area contributed by atoms with Crippen molar-refractivity contribution >= 4 is 92.5 Å². The SMILES string of the molecule is CCCNC(=O)c1c(=O)c2cccnc2n2c1sc1ccccc12.CN1CCN(c2ccc3c(=O)c(C(=O)NCCc4cnccn4)c4sc5ccccc5n4c3n2)CC1. The monoisotopic (exact) mass is 836 g/mol. The van der Waals surface area contributed by atoms with E-state index < -0.39 is 5.91 Å². The number of hydrogen-bond donors (Lipinski definition) is 2. The van der Waals surface area contributed by atoms with Crippen molar-refractivity contribution in [3.8, 4) is 0 Å². The topological polar surface area (TPSA) is 159 Å². The van der Waals surface area contributed by atoms with Crippen molar-refractivity contribution in [3.63, 3.8) is 0 Å². The summed E-state index contributed by atoms with van der Waals surface area (Å²) in [6.07, 6.45) is 7.91. The summed E-state index contributed by atoms with van der Waals surface area (Å²) >= 11 is 2.88. The summed E-state index contributed by atoms with van der Waals surface area (Å²) in [5.41, 5.74) is 3.61. The lowest BCUT2D eigenvalue weighted by molar-refractivity contribution is 0.0946. The maximum atomic E-state index is 13.7. The van der Waals surface area contributed by atoms with Crippen LogP contribution in [0.25, 0.3) is 52.2 Å². The first-order valence-corrected chi connectivity index (χ1v) is 21.4. The number of nitrogens with one attached hydrogen (secondary N) is 2.